The van der Waals surface area contributed by atoms with Crippen LogP contribution in [-0.2, 0) is 19.1 Å². The van der Waals surface area contributed by atoms with E-state index in [1.165, 1.54) is 18.1 Å². The Morgan fingerprint density at radius 3 is 2.75 bits per heavy atom. The van der Waals surface area contributed by atoms with E-state index >= 15 is 0 Å². The zero-order chi connectivity index (χ0) is 20.3. The molecule has 0 aromatic heterocycles. The zero-order valence-corrected chi connectivity index (χ0v) is 16.8. The summed E-state index contributed by atoms with van der Waals surface area (Å²) in [6.45, 7) is 5.08. The minimum Gasteiger partial charge on any atom is -0.458 e. The molecule has 0 aromatic rings. The van der Waals surface area contributed by atoms with Gasteiger partial charge in [-0.2, -0.15) is 0 Å². The van der Waals surface area contributed by atoms with Crippen molar-refractivity contribution < 1.29 is 24.2 Å². The van der Waals surface area contributed by atoms with E-state index in [1.807, 2.05) is 13.0 Å². The zero-order valence-electron chi connectivity index (χ0n) is 16.8. The molecule has 0 amide bonds. The predicted molar refractivity (Wildman–Crippen MR) is 103 cm³/mol. The Kier molecular flexibility index (Phi) is 4.31. The van der Waals surface area contributed by atoms with Gasteiger partial charge in [0.05, 0.1) is 0 Å². The van der Waals surface area contributed by atoms with Crippen LogP contribution in [0.3, 0.4) is 0 Å². The molecule has 5 heteroatoms. The highest BCUT2D eigenvalue weighted by Crippen LogP contribution is 2.65. The van der Waals surface area contributed by atoms with Crippen LogP contribution < -0.4 is 0 Å². The molecule has 0 aromatic carbocycles. The number of hydrogen-bond donors (Lipinski definition) is 1. The van der Waals surface area contributed by atoms with Gasteiger partial charge in [-0.3, -0.25) is 14.4 Å². The summed E-state index contributed by atoms with van der Waals surface area (Å²) in [5.74, 6) is -0.369. The number of allylic oxidation sites excluding steroid dienone is 6. The molecule has 2 saturated carbocycles. The number of hydrogen-bond acceptors (Lipinski definition) is 5. The molecule has 4 rings (SSSR count). The highest BCUT2D eigenvalue weighted by Gasteiger charge is 2.64. The first kappa shape index (κ1) is 19.3. The highest BCUT2D eigenvalue weighted by atomic mass is 16.5. The summed E-state index contributed by atoms with van der Waals surface area (Å²) in [6.07, 6.45) is 11.2. The number of Topliss-reactive ketones (excluding diaryl/α,β-unsaturated/α-hetero) is 1. The van der Waals surface area contributed by atoms with Gasteiger partial charge >= 0.3 is 5.97 Å². The maximum atomic E-state index is 12.8. The summed E-state index contributed by atoms with van der Waals surface area (Å²) in [5, 5.41) is 11.4. The van der Waals surface area contributed by atoms with Crippen LogP contribution in [0.1, 0.15) is 52.9 Å². The SMILES string of the molecule is CC(=O)OCC(=O)[C@@]1(O)CC[C@H]2[C@@H]3CCC4=CC(=O)C=C[C@]4(C)C3=CC[C@@]21C. The van der Waals surface area contributed by atoms with E-state index in [-0.39, 0.29) is 29.6 Å². The lowest BCUT2D eigenvalue weighted by Crippen LogP contribution is -2.55. The molecule has 5 atom stereocenters. The summed E-state index contributed by atoms with van der Waals surface area (Å²) < 4.78 is 4.90. The van der Waals surface area contributed by atoms with Crippen LogP contribution in [0.15, 0.2) is 35.5 Å². The predicted octanol–water partition coefficient (Wildman–Crippen LogP) is 3.08. The molecule has 0 radical (unpaired) electrons. The molecule has 0 saturated heterocycles. The standard InChI is InChI=1S/C23H28O5/c1-14(24)28-13-20(26)23(27)11-8-19-17-5-4-15-12-16(25)6-9-21(15,2)18(17)7-10-22(19,23)3/h6-7,9,12,17,19,27H,4-5,8,10-11,13H2,1-3H3/t17-,19+,21+,22+,23+/m1/s1. The van der Waals surface area contributed by atoms with Crippen LogP contribution in [0.25, 0.3) is 0 Å². The molecule has 1 N–H and O–H groups in total. The van der Waals surface area contributed by atoms with Gasteiger partial charge in [-0.15, -0.1) is 0 Å². The summed E-state index contributed by atoms with van der Waals surface area (Å²) in [4.78, 5) is 35.8. The second kappa shape index (κ2) is 6.24. The molecule has 150 valence electrons. The molecule has 0 aliphatic heterocycles. The van der Waals surface area contributed by atoms with Crippen molar-refractivity contribution in [3.8, 4) is 0 Å². The van der Waals surface area contributed by atoms with E-state index in [0.29, 0.717) is 12.8 Å². The third kappa shape index (κ3) is 2.52. The molecule has 2 fully saturated rings. The Hall–Kier alpha value is -2.01. The lowest BCUT2D eigenvalue weighted by atomic mass is 9.51. The van der Waals surface area contributed by atoms with Crippen molar-refractivity contribution in [2.75, 3.05) is 6.61 Å². The van der Waals surface area contributed by atoms with E-state index in [1.54, 1.807) is 12.2 Å². The first-order valence-corrected chi connectivity index (χ1v) is 10.2. The number of ether oxygens (including phenoxy) is 1. The molecular weight excluding hydrogens is 356 g/mol. The van der Waals surface area contributed by atoms with Gasteiger partial charge in [0.25, 0.3) is 0 Å². The van der Waals surface area contributed by atoms with Crippen molar-refractivity contribution in [1.29, 1.82) is 0 Å². The van der Waals surface area contributed by atoms with Gasteiger partial charge in [0, 0.05) is 17.8 Å². The Labute approximate surface area is 165 Å². The van der Waals surface area contributed by atoms with Crippen molar-refractivity contribution in [2.24, 2.45) is 22.7 Å². The summed E-state index contributed by atoms with van der Waals surface area (Å²) >= 11 is 0. The van der Waals surface area contributed by atoms with Crippen LogP contribution in [-0.4, -0.2) is 34.9 Å². The van der Waals surface area contributed by atoms with Gasteiger partial charge in [0.15, 0.2) is 12.4 Å². The number of carbonyl (C=O) groups excluding carboxylic acids is 3. The lowest BCUT2D eigenvalue weighted by Gasteiger charge is -2.53. The van der Waals surface area contributed by atoms with E-state index in [4.69, 9.17) is 4.74 Å². The molecule has 0 bridgehead atoms. The molecular formula is C23H28O5. The van der Waals surface area contributed by atoms with Crippen LogP contribution in [0, 0.1) is 22.7 Å². The topological polar surface area (TPSA) is 80.7 Å². The van der Waals surface area contributed by atoms with Crippen LogP contribution in [0.5, 0.6) is 0 Å². The van der Waals surface area contributed by atoms with Crippen molar-refractivity contribution in [3.05, 3.63) is 35.5 Å². The third-order valence-corrected chi connectivity index (χ3v) is 7.97. The van der Waals surface area contributed by atoms with Crippen molar-refractivity contribution >= 4 is 17.5 Å². The van der Waals surface area contributed by atoms with Gasteiger partial charge in [-0.25, -0.2) is 0 Å². The smallest absolute Gasteiger partial charge is 0.303 e. The van der Waals surface area contributed by atoms with Gasteiger partial charge in [0.1, 0.15) is 5.60 Å². The van der Waals surface area contributed by atoms with Crippen LogP contribution in [0.4, 0.5) is 0 Å². The second-order valence-electron chi connectivity index (χ2n) is 9.24. The summed E-state index contributed by atoms with van der Waals surface area (Å²) in [5.41, 5.74) is 0.230. The monoisotopic (exact) mass is 384 g/mol. The molecule has 4 aliphatic rings. The molecule has 0 unspecified atom stereocenters. The normalized spacial score (nSPS) is 41.4. The van der Waals surface area contributed by atoms with Crippen LogP contribution >= 0.6 is 0 Å². The number of ketones is 2. The number of fused-ring (bicyclic) bond motifs is 5. The molecule has 0 heterocycles. The Bertz CT molecular complexity index is 849. The van der Waals surface area contributed by atoms with E-state index in [9.17, 15) is 19.5 Å². The van der Waals surface area contributed by atoms with Crippen molar-refractivity contribution in [1.82, 2.24) is 0 Å². The fraction of sp³-hybridized carbons (Fsp3) is 0.609. The fourth-order valence-electron chi connectivity index (χ4n) is 6.28. The Morgan fingerprint density at radius 2 is 2.04 bits per heavy atom. The highest BCUT2D eigenvalue weighted by molar-refractivity contribution is 6.01. The Morgan fingerprint density at radius 1 is 1.29 bits per heavy atom. The van der Waals surface area contributed by atoms with Gasteiger partial charge in [0.2, 0.25) is 5.78 Å². The van der Waals surface area contributed by atoms with Crippen LogP contribution in [0.2, 0.25) is 0 Å². The second-order valence-corrected chi connectivity index (χ2v) is 9.24. The van der Waals surface area contributed by atoms with Gasteiger partial charge in [-0.05, 0) is 63.0 Å². The maximum Gasteiger partial charge on any atom is 0.303 e. The lowest BCUT2D eigenvalue weighted by molar-refractivity contribution is -0.162. The molecule has 5 nitrogen and oxygen atoms in total. The first-order valence-electron chi connectivity index (χ1n) is 10.2. The number of esters is 1. The number of carbonyl (C=O) groups is 3. The molecule has 0 spiro atoms. The molecule has 28 heavy (non-hydrogen) atoms. The summed E-state index contributed by atoms with van der Waals surface area (Å²) in [7, 11) is 0. The van der Waals surface area contributed by atoms with Gasteiger partial charge < -0.3 is 9.84 Å². The van der Waals surface area contributed by atoms with Crippen molar-refractivity contribution in [3.63, 3.8) is 0 Å². The number of aliphatic hydroxyl groups is 1. The average molecular weight is 384 g/mol. The number of rotatable bonds is 3. The van der Waals surface area contributed by atoms with E-state index in [2.05, 4.69) is 13.0 Å². The van der Waals surface area contributed by atoms with E-state index in [0.717, 1.165) is 19.3 Å². The quantitative estimate of drug-likeness (QED) is 0.597. The summed E-state index contributed by atoms with van der Waals surface area (Å²) in [6, 6.07) is 0. The minimum atomic E-state index is -1.47. The fourth-order valence-corrected chi connectivity index (χ4v) is 6.28. The molecule has 4 aliphatic carbocycles. The van der Waals surface area contributed by atoms with E-state index < -0.39 is 22.8 Å². The minimum absolute atomic E-state index is 0.0542. The Balaban J connectivity index is 1.67. The van der Waals surface area contributed by atoms with Crippen molar-refractivity contribution in [2.45, 2.75) is 58.5 Å². The maximum absolute atomic E-state index is 12.8. The largest absolute Gasteiger partial charge is 0.458 e. The third-order valence-electron chi connectivity index (χ3n) is 7.97. The first-order chi connectivity index (χ1) is 13.1. The van der Waals surface area contributed by atoms with Gasteiger partial charge in [-0.1, -0.05) is 30.2 Å². The average Bonchev–Trinajstić information content (AvgIpc) is 2.92.